The highest BCUT2D eigenvalue weighted by atomic mass is 16.4. The molecule has 1 aromatic heterocycles. The van der Waals surface area contributed by atoms with E-state index in [9.17, 15) is 19.2 Å². The Kier molecular flexibility index (Phi) is 5.21. The first kappa shape index (κ1) is 15.6. The number of hydrogen-bond donors (Lipinski definition) is 4. The second kappa shape index (κ2) is 6.66. The van der Waals surface area contributed by atoms with Gasteiger partial charge in [-0.2, -0.15) is 0 Å². The number of nitrogens with two attached hydrogens (primary N) is 1. The van der Waals surface area contributed by atoms with Crippen LogP contribution in [0.15, 0.2) is 15.8 Å². The summed E-state index contributed by atoms with van der Waals surface area (Å²) >= 11 is 0. The van der Waals surface area contributed by atoms with Gasteiger partial charge in [0.1, 0.15) is 6.04 Å². The Morgan fingerprint density at radius 1 is 1.50 bits per heavy atom. The van der Waals surface area contributed by atoms with Crippen LogP contribution in [0.25, 0.3) is 0 Å². The summed E-state index contributed by atoms with van der Waals surface area (Å²) in [6.07, 6.45) is 1.23. The van der Waals surface area contributed by atoms with E-state index >= 15 is 0 Å². The maximum Gasteiger partial charge on any atom is 0.328 e. The molecule has 0 aliphatic carbocycles. The maximum absolute atomic E-state index is 11.5. The number of rotatable bonds is 6. The maximum atomic E-state index is 11.5. The van der Waals surface area contributed by atoms with Crippen molar-refractivity contribution < 1.29 is 14.7 Å². The minimum absolute atomic E-state index is 0.0106. The number of aromatic nitrogens is 2. The summed E-state index contributed by atoms with van der Waals surface area (Å²) in [5.41, 5.74) is 4.18. The minimum atomic E-state index is -1.29. The standard InChI is InChI=1S/C11H16N4O5/c1-6-4-15(11(20)14-9(6)17)5-7(10(18)19)13-8(16)2-3-12/h4,7H,2-3,5,12H2,1H3,(H,13,16)(H,18,19)(H,14,17,20)/t7-/m0/s1. The normalized spacial score (nSPS) is 11.9. The zero-order chi connectivity index (χ0) is 15.3. The molecule has 1 atom stereocenters. The molecule has 0 saturated carbocycles. The van der Waals surface area contributed by atoms with Crippen molar-refractivity contribution in [1.29, 1.82) is 0 Å². The molecule has 9 heteroatoms. The third kappa shape index (κ3) is 4.05. The summed E-state index contributed by atoms with van der Waals surface area (Å²) in [5, 5.41) is 11.3. The lowest BCUT2D eigenvalue weighted by Gasteiger charge is -2.15. The van der Waals surface area contributed by atoms with Gasteiger partial charge in [0.15, 0.2) is 0 Å². The Morgan fingerprint density at radius 2 is 2.15 bits per heavy atom. The first-order valence-electron chi connectivity index (χ1n) is 5.87. The number of carboxylic acid groups (broad SMARTS) is 1. The Bertz CT molecular complexity index is 618. The Balaban J connectivity index is 2.94. The molecule has 0 unspecified atom stereocenters. The van der Waals surface area contributed by atoms with E-state index in [-0.39, 0.29) is 25.1 Å². The summed E-state index contributed by atoms with van der Waals surface area (Å²) in [6, 6.07) is -1.28. The number of hydrogen-bond acceptors (Lipinski definition) is 5. The summed E-state index contributed by atoms with van der Waals surface area (Å²) in [4.78, 5) is 47.2. The molecule has 0 aromatic carbocycles. The number of H-pyrrole nitrogens is 1. The summed E-state index contributed by atoms with van der Waals surface area (Å²) in [5.74, 6) is -1.81. The van der Waals surface area contributed by atoms with Crippen LogP contribution >= 0.6 is 0 Å². The van der Waals surface area contributed by atoms with Crippen LogP contribution in [0.5, 0.6) is 0 Å². The van der Waals surface area contributed by atoms with E-state index in [0.717, 1.165) is 4.57 Å². The monoisotopic (exact) mass is 284 g/mol. The second-order valence-corrected chi connectivity index (χ2v) is 4.22. The number of aromatic amines is 1. The van der Waals surface area contributed by atoms with Gasteiger partial charge in [-0.05, 0) is 6.92 Å². The van der Waals surface area contributed by atoms with Gasteiger partial charge in [-0.1, -0.05) is 0 Å². The molecule has 0 saturated heterocycles. The van der Waals surface area contributed by atoms with Gasteiger partial charge in [0, 0.05) is 24.7 Å². The lowest BCUT2D eigenvalue weighted by Crippen LogP contribution is -2.46. The molecule has 0 bridgehead atoms. The van der Waals surface area contributed by atoms with E-state index in [1.165, 1.54) is 13.1 Å². The molecule has 0 spiro atoms. The molecule has 1 rings (SSSR count). The molecule has 0 fully saturated rings. The van der Waals surface area contributed by atoms with E-state index < -0.39 is 29.2 Å². The lowest BCUT2D eigenvalue weighted by atomic mass is 10.2. The highest BCUT2D eigenvalue weighted by Gasteiger charge is 2.20. The molecule has 1 heterocycles. The average molecular weight is 284 g/mol. The third-order valence-corrected chi connectivity index (χ3v) is 2.57. The fourth-order valence-electron chi connectivity index (χ4n) is 1.53. The van der Waals surface area contributed by atoms with Gasteiger partial charge in [-0.3, -0.25) is 19.1 Å². The van der Waals surface area contributed by atoms with Gasteiger partial charge in [-0.25, -0.2) is 9.59 Å². The number of nitrogens with zero attached hydrogens (tertiary/aromatic N) is 1. The van der Waals surface area contributed by atoms with Crippen molar-refractivity contribution >= 4 is 11.9 Å². The van der Waals surface area contributed by atoms with Gasteiger partial charge >= 0.3 is 11.7 Å². The quantitative estimate of drug-likeness (QED) is 0.464. The largest absolute Gasteiger partial charge is 0.480 e. The molecule has 1 aromatic rings. The Hall–Kier alpha value is -2.42. The molecule has 5 N–H and O–H groups in total. The first-order chi connectivity index (χ1) is 9.35. The van der Waals surface area contributed by atoms with Gasteiger partial charge < -0.3 is 16.2 Å². The number of nitrogens with one attached hydrogen (secondary N) is 2. The average Bonchev–Trinajstić information content (AvgIpc) is 2.35. The number of aryl methyl sites for hydroxylation is 1. The van der Waals surface area contributed by atoms with E-state index in [1.54, 1.807) is 0 Å². The van der Waals surface area contributed by atoms with Gasteiger partial charge in [0.25, 0.3) is 5.56 Å². The van der Waals surface area contributed by atoms with Crippen LogP contribution in [0.3, 0.4) is 0 Å². The van der Waals surface area contributed by atoms with Crippen molar-refractivity contribution in [3.8, 4) is 0 Å². The van der Waals surface area contributed by atoms with Crippen molar-refractivity contribution in [1.82, 2.24) is 14.9 Å². The molecular formula is C11H16N4O5. The molecule has 0 aliphatic heterocycles. The van der Waals surface area contributed by atoms with E-state index in [1.807, 2.05) is 0 Å². The number of amides is 1. The molecule has 0 aliphatic rings. The highest BCUT2D eigenvalue weighted by Crippen LogP contribution is 1.93. The smallest absolute Gasteiger partial charge is 0.328 e. The Labute approximate surface area is 113 Å². The molecule has 1 amide bonds. The van der Waals surface area contributed by atoms with Crippen molar-refractivity contribution in [3.05, 3.63) is 32.6 Å². The van der Waals surface area contributed by atoms with Crippen LogP contribution in [-0.4, -0.2) is 39.1 Å². The number of carbonyl (C=O) groups is 2. The van der Waals surface area contributed by atoms with Gasteiger partial charge in [0.05, 0.1) is 6.54 Å². The van der Waals surface area contributed by atoms with Gasteiger partial charge in [0.2, 0.25) is 5.91 Å². The first-order valence-corrected chi connectivity index (χ1v) is 5.87. The van der Waals surface area contributed by atoms with Crippen LogP contribution in [0.4, 0.5) is 0 Å². The predicted octanol–water partition coefficient (Wildman–Crippen LogP) is -2.24. The fourth-order valence-corrected chi connectivity index (χ4v) is 1.53. The second-order valence-electron chi connectivity index (χ2n) is 4.22. The predicted molar refractivity (Wildman–Crippen MR) is 69.3 cm³/mol. The van der Waals surface area contributed by atoms with Crippen molar-refractivity contribution in [2.75, 3.05) is 6.54 Å². The highest BCUT2D eigenvalue weighted by molar-refractivity contribution is 5.83. The zero-order valence-corrected chi connectivity index (χ0v) is 10.9. The van der Waals surface area contributed by atoms with Crippen LogP contribution in [0, 0.1) is 6.92 Å². The number of aliphatic carboxylic acids is 1. The SMILES string of the molecule is Cc1cn(C[C@H](NC(=O)CCN)C(=O)O)c(=O)[nH]c1=O. The number of carboxylic acids is 1. The Morgan fingerprint density at radius 3 is 2.70 bits per heavy atom. The van der Waals surface area contributed by atoms with Crippen molar-refractivity contribution in [2.45, 2.75) is 25.9 Å². The van der Waals surface area contributed by atoms with Crippen molar-refractivity contribution in [2.24, 2.45) is 5.73 Å². The summed E-state index contributed by atoms with van der Waals surface area (Å²) in [6.45, 7) is 1.29. The summed E-state index contributed by atoms with van der Waals surface area (Å²) < 4.78 is 1.03. The van der Waals surface area contributed by atoms with E-state index in [4.69, 9.17) is 10.8 Å². The lowest BCUT2D eigenvalue weighted by molar-refractivity contribution is -0.142. The molecule has 20 heavy (non-hydrogen) atoms. The molecule has 9 nitrogen and oxygen atoms in total. The van der Waals surface area contributed by atoms with Crippen LogP contribution in [-0.2, 0) is 16.1 Å². The van der Waals surface area contributed by atoms with Crippen molar-refractivity contribution in [3.63, 3.8) is 0 Å². The van der Waals surface area contributed by atoms with Crippen LogP contribution in [0.2, 0.25) is 0 Å². The zero-order valence-electron chi connectivity index (χ0n) is 10.9. The third-order valence-electron chi connectivity index (χ3n) is 2.57. The number of carbonyl (C=O) groups excluding carboxylic acids is 1. The van der Waals surface area contributed by atoms with E-state index in [0.29, 0.717) is 0 Å². The fraction of sp³-hybridized carbons (Fsp3) is 0.455. The molecular weight excluding hydrogens is 268 g/mol. The topological polar surface area (TPSA) is 147 Å². The minimum Gasteiger partial charge on any atom is -0.480 e. The van der Waals surface area contributed by atoms with Crippen LogP contribution in [0.1, 0.15) is 12.0 Å². The molecule has 0 radical (unpaired) electrons. The molecule has 110 valence electrons. The van der Waals surface area contributed by atoms with E-state index in [2.05, 4.69) is 10.3 Å². The van der Waals surface area contributed by atoms with Gasteiger partial charge in [-0.15, -0.1) is 0 Å². The van der Waals surface area contributed by atoms with Crippen LogP contribution < -0.4 is 22.3 Å². The summed E-state index contributed by atoms with van der Waals surface area (Å²) in [7, 11) is 0.